The van der Waals surface area contributed by atoms with Gasteiger partial charge in [-0.25, -0.2) is 4.98 Å². The highest BCUT2D eigenvalue weighted by Gasteiger charge is 2.34. The van der Waals surface area contributed by atoms with E-state index in [2.05, 4.69) is 15.2 Å². The summed E-state index contributed by atoms with van der Waals surface area (Å²) in [4.78, 5) is 33.4. The highest BCUT2D eigenvalue weighted by atomic mass is 16.5. The Morgan fingerprint density at radius 2 is 1.96 bits per heavy atom. The zero-order valence-corrected chi connectivity index (χ0v) is 15.3. The van der Waals surface area contributed by atoms with Crippen LogP contribution in [0.5, 0.6) is 0 Å². The molecule has 0 saturated carbocycles. The van der Waals surface area contributed by atoms with Gasteiger partial charge in [0.15, 0.2) is 0 Å². The van der Waals surface area contributed by atoms with E-state index in [-0.39, 0.29) is 24.2 Å². The Kier molecular flexibility index (Phi) is 5.31. The molecule has 0 bridgehead atoms. The molecule has 1 aromatic carbocycles. The second kappa shape index (κ2) is 8.02. The Labute approximate surface area is 158 Å². The van der Waals surface area contributed by atoms with E-state index in [1.54, 1.807) is 11.0 Å². The van der Waals surface area contributed by atoms with Gasteiger partial charge in [-0.05, 0) is 18.2 Å². The van der Waals surface area contributed by atoms with Crippen LogP contribution in [-0.4, -0.2) is 72.5 Å². The van der Waals surface area contributed by atoms with Gasteiger partial charge >= 0.3 is 0 Å². The molecule has 2 aromatic rings. The fourth-order valence-electron chi connectivity index (χ4n) is 3.61. The molecule has 27 heavy (non-hydrogen) atoms. The zero-order valence-electron chi connectivity index (χ0n) is 15.3. The van der Waals surface area contributed by atoms with Crippen LogP contribution in [0.3, 0.4) is 0 Å². The summed E-state index contributed by atoms with van der Waals surface area (Å²) in [5.41, 5.74) is 0.838. The van der Waals surface area contributed by atoms with Crippen molar-refractivity contribution in [2.24, 2.45) is 5.92 Å². The van der Waals surface area contributed by atoms with Crippen molar-refractivity contribution in [3.05, 3.63) is 36.4 Å². The number of morpholine rings is 1. The largest absolute Gasteiger partial charge is 0.379 e. The summed E-state index contributed by atoms with van der Waals surface area (Å²) in [6, 6.07) is 11.5. The van der Waals surface area contributed by atoms with Gasteiger partial charge in [0.05, 0.1) is 24.6 Å². The second-order valence-electron chi connectivity index (χ2n) is 7.07. The maximum atomic E-state index is 12.6. The molecule has 1 atom stereocenters. The lowest BCUT2D eigenvalue weighted by atomic mass is 10.1. The Balaban J connectivity index is 1.32. The van der Waals surface area contributed by atoms with E-state index in [0.29, 0.717) is 18.9 Å². The van der Waals surface area contributed by atoms with E-state index in [1.165, 1.54) is 0 Å². The van der Waals surface area contributed by atoms with E-state index < -0.39 is 0 Å². The number of anilines is 1. The van der Waals surface area contributed by atoms with Crippen LogP contribution >= 0.6 is 0 Å². The molecule has 7 heteroatoms. The minimum Gasteiger partial charge on any atom is -0.379 e. The monoisotopic (exact) mass is 368 g/mol. The molecule has 4 rings (SSSR count). The summed E-state index contributed by atoms with van der Waals surface area (Å²) in [5.74, 6) is 0.114. The molecule has 1 N–H and O–H groups in total. The smallest absolute Gasteiger partial charge is 0.230 e. The predicted octanol–water partition coefficient (Wildman–Crippen LogP) is 1.35. The Bertz CT molecular complexity index is 835. The van der Waals surface area contributed by atoms with Crippen molar-refractivity contribution in [1.29, 1.82) is 0 Å². The number of aromatic nitrogens is 1. The van der Waals surface area contributed by atoms with Crippen molar-refractivity contribution in [3.63, 3.8) is 0 Å². The summed E-state index contributed by atoms with van der Waals surface area (Å²) < 4.78 is 5.34. The third kappa shape index (κ3) is 4.26. The number of nitrogens with one attached hydrogen (secondary N) is 1. The minimum atomic E-state index is -0.324. The van der Waals surface area contributed by atoms with Gasteiger partial charge in [-0.1, -0.05) is 18.2 Å². The number of nitrogens with zero attached hydrogens (tertiary/aromatic N) is 3. The summed E-state index contributed by atoms with van der Waals surface area (Å²) in [6.45, 7) is 5.27. The van der Waals surface area contributed by atoms with Gasteiger partial charge in [-0.15, -0.1) is 0 Å². The van der Waals surface area contributed by atoms with E-state index in [4.69, 9.17) is 4.74 Å². The molecule has 0 aliphatic carbocycles. The van der Waals surface area contributed by atoms with E-state index in [0.717, 1.165) is 43.8 Å². The average Bonchev–Trinajstić information content (AvgIpc) is 3.08. The van der Waals surface area contributed by atoms with Gasteiger partial charge in [0.1, 0.15) is 5.82 Å². The van der Waals surface area contributed by atoms with Gasteiger partial charge in [0.2, 0.25) is 11.8 Å². The van der Waals surface area contributed by atoms with Gasteiger partial charge < -0.3 is 15.0 Å². The number of amides is 2. The number of hydrogen-bond acceptors (Lipinski definition) is 5. The van der Waals surface area contributed by atoms with Gasteiger partial charge in [-0.3, -0.25) is 14.5 Å². The standard InChI is InChI=1S/C20H24N4O3/c25-19-13-16(14-24(19)8-7-23-9-11-27-12-10-23)20(26)22-18-6-5-15-3-1-2-4-17(15)21-18/h1-6,16H,7-14H2,(H,21,22,26)/t16-/m0/s1. The number of carbonyl (C=O) groups excluding carboxylic acids is 2. The maximum Gasteiger partial charge on any atom is 0.230 e. The highest BCUT2D eigenvalue weighted by Crippen LogP contribution is 2.20. The first-order chi connectivity index (χ1) is 13.2. The number of para-hydroxylation sites is 1. The highest BCUT2D eigenvalue weighted by molar-refractivity contribution is 5.97. The number of ether oxygens (including phenoxy) is 1. The summed E-state index contributed by atoms with van der Waals surface area (Å²) in [6.07, 6.45) is 0.266. The van der Waals surface area contributed by atoms with Crippen LogP contribution in [0, 0.1) is 5.92 Å². The van der Waals surface area contributed by atoms with Crippen molar-refractivity contribution < 1.29 is 14.3 Å². The molecule has 0 spiro atoms. The van der Waals surface area contributed by atoms with Crippen LogP contribution < -0.4 is 5.32 Å². The second-order valence-corrected chi connectivity index (χ2v) is 7.07. The van der Waals surface area contributed by atoms with Crippen LogP contribution in [0.2, 0.25) is 0 Å². The van der Waals surface area contributed by atoms with E-state index >= 15 is 0 Å². The molecule has 2 aliphatic heterocycles. The topological polar surface area (TPSA) is 74.8 Å². The fraction of sp³-hybridized carbons (Fsp3) is 0.450. The summed E-state index contributed by atoms with van der Waals surface area (Å²) in [7, 11) is 0. The Hall–Kier alpha value is -2.51. The molecule has 2 amide bonds. The van der Waals surface area contributed by atoms with Gasteiger partial charge in [-0.2, -0.15) is 0 Å². The first kappa shape index (κ1) is 17.9. The van der Waals surface area contributed by atoms with Crippen LogP contribution in [0.15, 0.2) is 36.4 Å². The molecule has 2 fully saturated rings. The van der Waals surface area contributed by atoms with E-state index in [1.807, 2.05) is 30.3 Å². The quantitative estimate of drug-likeness (QED) is 0.862. The van der Waals surface area contributed by atoms with Crippen LogP contribution in [-0.2, 0) is 14.3 Å². The number of benzene rings is 1. The summed E-state index contributed by atoms with van der Waals surface area (Å²) in [5, 5.41) is 3.90. The number of carbonyl (C=O) groups is 2. The normalized spacial score (nSPS) is 21.0. The van der Waals surface area contributed by atoms with Crippen molar-refractivity contribution in [1.82, 2.24) is 14.8 Å². The molecule has 0 unspecified atom stereocenters. The molecule has 2 saturated heterocycles. The molecule has 142 valence electrons. The molecule has 7 nitrogen and oxygen atoms in total. The van der Waals surface area contributed by atoms with E-state index in [9.17, 15) is 9.59 Å². The number of rotatable bonds is 5. The molecular weight excluding hydrogens is 344 g/mol. The van der Waals surface area contributed by atoms with Gasteiger partial charge in [0.25, 0.3) is 0 Å². The average molecular weight is 368 g/mol. The zero-order chi connectivity index (χ0) is 18.6. The van der Waals surface area contributed by atoms with Crippen molar-refractivity contribution in [2.75, 3.05) is 51.3 Å². The molecule has 0 radical (unpaired) electrons. The minimum absolute atomic E-state index is 0.0508. The first-order valence-electron chi connectivity index (χ1n) is 9.43. The number of likely N-dealkylation sites (tertiary alicyclic amines) is 1. The molecule has 2 aliphatic rings. The lowest BCUT2D eigenvalue weighted by molar-refractivity contribution is -0.128. The third-order valence-corrected chi connectivity index (χ3v) is 5.22. The van der Waals surface area contributed by atoms with Crippen molar-refractivity contribution >= 4 is 28.5 Å². The lowest BCUT2D eigenvalue weighted by Gasteiger charge is -2.28. The number of hydrogen-bond donors (Lipinski definition) is 1. The summed E-state index contributed by atoms with van der Waals surface area (Å²) >= 11 is 0. The van der Waals surface area contributed by atoms with Crippen LogP contribution in [0.4, 0.5) is 5.82 Å². The van der Waals surface area contributed by atoms with Crippen molar-refractivity contribution in [2.45, 2.75) is 6.42 Å². The van der Waals surface area contributed by atoms with Crippen LogP contribution in [0.1, 0.15) is 6.42 Å². The molecule has 1 aromatic heterocycles. The fourth-order valence-corrected chi connectivity index (χ4v) is 3.61. The number of pyridine rings is 1. The SMILES string of the molecule is O=C(Nc1ccc2ccccc2n1)[C@H]1CC(=O)N(CCN2CCOCC2)C1. The maximum absolute atomic E-state index is 12.6. The number of fused-ring (bicyclic) bond motifs is 1. The van der Waals surface area contributed by atoms with Crippen LogP contribution in [0.25, 0.3) is 10.9 Å². The third-order valence-electron chi connectivity index (χ3n) is 5.22. The Morgan fingerprint density at radius 3 is 2.81 bits per heavy atom. The predicted molar refractivity (Wildman–Crippen MR) is 102 cm³/mol. The lowest BCUT2D eigenvalue weighted by Crippen LogP contribution is -2.42. The molecule has 3 heterocycles. The first-order valence-corrected chi connectivity index (χ1v) is 9.43. The van der Waals surface area contributed by atoms with Gasteiger partial charge in [0, 0.05) is 44.5 Å². The molecular formula is C20H24N4O3. The van der Waals surface area contributed by atoms with Crippen molar-refractivity contribution in [3.8, 4) is 0 Å². The Morgan fingerprint density at radius 1 is 1.15 bits per heavy atom.